The Kier molecular flexibility index (Phi) is 8.28. The molecule has 43 heavy (non-hydrogen) atoms. The van der Waals surface area contributed by atoms with Crippen LogP contribution >= 0.6 is 0 Å². The molecule has 2 unspecified atom stereocenters. The molecule has 0 bridgehead atoms. The summed E-state index contributed by atoms with van der Waals surface area (Å²) in [5, 5.41) is 3.59. The van der Waals surface area contributed by atoms with Crippen molar-refractivity contribution in [3.05, 3.63) is 63.7 Å². The highest BCUT2D eigenvalue weighted by Crippen LogP contribution is 2.61. The van der Waals surface area contributed by atoms with Gasteiger partial charge in [-0.05, 0) is 90.9 Å². The highest BCUT2D eigenvalue weighted by Gasteiger charge is 2.58. The first-order chi connectivity index (χ1) is 20.6. The van der Waals surface area contributed by atoms with Crippen LogP contribution in [0.15, 0.2) is 30.3 Å². The summed E-state index contributed by atoms with van der Waals surface area (Å²) in [6, 6.07) is 7.71. The van der Waals surface area contributed by atoms with E-state index in [1.54, 1.807) is 13.2 Å². The Hall–Kier alpha value is -2.97. The molecule has 1 spiro atoms. The summed E-state index contributed by atoms with van der Waals surface area (Å²) in [4.78, 5) is 14.9. The molecule has 2 aliphatic heterocycles. The van der Waals surface area contributed by atoms with Gasteiger partial charge in [0.1, 0.15) is 5.75 Å². The molecule has 2 aromatic carbocycles. The molecule has 2 saturated heterocycles. The number of hydrogen-bond acceptors (Lipinski definition) is 6. The molecule has 4 aliphatic rings. The number of benzene rings is 2. The molecule has 0 radical (unpaired) electrons. The number of anilines is 1. The molecule has 0 amide bonds. The molecule has 3 fully saturated rings. The largest absolute Gasteiger partial charge is 0.496 e. The number of esters is 1. The van der Waals surface area contributed by atoms with E-state index >= 15 is 0 Å². The predicted octanol–water partition coefficient (Wildman–Crippen LogP) is 7.20. The second-order valence-electron chi connectivity index (χ2n) is 13.4. The quantitative estimate of drug-likeness (QED) is 0.327. The minimum atomic E-state index is -2.59. The lowest BCUT2D eigenvalue weighted by atomic mass is 9.58. The van der Waals surface area contributed by atoms with Gasteiger partial charge in [-0.2, -0.15) is 0 Å². The Morgan fingerprint density at radius 1 is 1.19 bits per heavy atom. The first-order valence-electron chi connectivity index (χ1n) is 15.6. The summed E-state index contributed by atoms with van der Waals surface area (Å²) < 4.78 is 45.0. The number of likely N-dealkylation sites (tertiary alicyclic amines) is 1. The molecule has 1 N–H and O–H groups in total. The summed E-state index contributed by atoms with van der Waals surface area (Å²) in [5.74, 6) is -1.22. The zero-order chi connectivity index (χ0) is 30.4. The number of halogens is 2. The molecular formula is C35H44F2N2O4. The third-order valence-corrected chi connectivity index (χ3v) is 10.2. The number of nitrogens with one attached hydrogen (secondary N) is 1. The van der Waals surface area contributed by atoms with Gasteiger partial charge in [0.2, 0.25) is 5.92 Å². The van der Waals surface area contributed by atoms with E-state index in [4.69, 9.17) is 14.2 Å². The fourth-order valence-corrected chi connectivity index (χ4v) is 7.65. The fourth-order valence-electron chi connectivity index (χ4n) is 7.65. The summed E-state index contributed by atoms with van der Waals surface area (Å²) in [7, 11) is 3.11. The summed E-state index contributed by atoms with van der Waals surface area (Å²) >= 11 is 0. The number of alkyl halides is 2. The number of fused-ring (bicyclic) bond motifs is 1. The minimum absolute atomic E-state index is 0.0589. The maximum absolute atomic E-state index is 14.3. The third-order valence-electron chi connectivity index (χ3n) is 10.2. The number of carbonyl (C=O) groups is 1. The zero-order valence-electron chi connectivity index (χ0n) is 25.8. The van der Waals surface area contributed by atoms with Crippen molar-refractivity contribution >= 4 is 17.7 Å². The number of allylic oxidation sites excluding steroid dienone is 1. The smallest absolute Gasteiger partial charge is 0.337 e. The second-order valence-corrected chi connectivity index (χ2v) is 13.4. The Labute approximate surface area is 253 Å². The minimum Gasteiger partial charge on any atom is -0.496 e. The van der Waals surface area contributed by atoms with Crippen molar-refractivity contribution in [3.8, 4) is 5.75 Å². The molecule has 0 aromatic heterocycles. The Morgan fingerprint density at radius 2 is 1.98 bits per heavy atom. The van der Waals surface area contributed by atoms with Gasteiger partial charge >= 0.3 is 5.97 Å². The topological polar surface area (TPSA) is 60.0 Å². The second kappa shape index (κ2) is 11.8. The Morgan fingerprint density at radius 3 is 2.65 bits per heavy atom. The summed E-state index contributed by atoms with van der Waals surface area (Å²) in [6.07, 6.45) is 7.95. The SMILES string of the molecule is COC(=O)c1ccc(C2CC3(CCN2Cc2c(OC)cc(C)c4c2C=CC(C)CC4)CC(F)(F)C3)c(NCC2COC2)c1. The first-order valence-corrected chi connectivity index (χ1v) is 15.6. The normalized spacial score (nSPS) is 24.4. The molecule has 1 saturated carbocycles. The van der Waals surface area contributed by atoms with Crippen LogP contribution in [0, 0.1) is 24.2 Å². The van der Waals surface area contributed by atoms with Crippen LogP contribution in [0.25, 0.3) is 6.08 Å². The van der Waals surface area contributed by atoms with Crippen LogP contribution in [0.2, 0.25) is 0 Å². The monoisotopic (exact) mass is 594 g/mol. The summed E-state index contributed by atoms with van der Waals surface area (Å²) in [5.41, 5.74) is 6.97. The molecule has 2 heterocycles. The molecule has 6 nitrogen and oxygen atoms in total. The van der Waals surface area contributed by atoms with Gasteiger partial charge in [-0.3, -0.25) is 4.90 Å². The molecule has 232 valence electrons. The van der Waals surface area contributed by atoms with Gasteiger partial charge in [0.15, 0.2) is 0 Å². The van der Waals surface area contributed by atoms with Crippen molar-refractivity contribution in [2.45, 2.75) is 70.9 Å². The van der Waals surface area contributed by atoms with E-state index in [0.717, 1.165) is 48.4 Å². The standard InChI is InChI=1S/C35H44F2N2O4/c1-22-5-8-26-23(2)13-32(41-3)29(27(26)9-6-22)17-39-12-11-34(20-35(36,37)21-34)15-31(39)28-10-7-25(33(40)42-4)14-30(28)38-16-24-18-43-19-24/h6-7,9-10,13-14,22,24,31,38H,5,8,11-12,15-21H2,1-4H3. The average molecular weight is 595 g/mol. The Bertz CT molecular complexity index is 1390. The van der Waals surface area contributed by atoms with E-state index < -0.39 is 11.9 Å². The van der Waals surface area contributed by atoms with E-state index in [1.807, 2.05) is 12.1 Å². The molecule has 8 heteroatoms. The highest BCUT2D eigenvalue weighted by atomic mass is 19.3. The van der Waals surface area contributed by atoms with E-state index in [2.05, 4.69) is 42.3 Å². The van der Waals surface area contributed by atoms with Crippen LogP contribution in [0.5, 0.6) is 5.75 Å². The van der Waals surface area contributed by atoms with Crippen LogP contribution in [-0.2, 0) is 22.4 Å². The molecule has 2 aromatic rings. The molecule has 2 atom stereocenters. The van der Waals surface area contributed by atoms with Gasteiger partial charge in [-0.15, -0.1) is 0 Å². The lowest BCUT2D eigenvalue weighted by Gasteiger charge is -2.55. The van der Waals surface area contributed by atoms with Crippen molar-refractivity contribution in [1.82, 2.24) is 4.90 Å². The van der Waals surface area contributed by atoms with Gasteiger partial charge in [0.25, 0.3) is 0 Å². The zero-order valence-corrected chi connectivity index (χ0v) is 25.8. The van der Waals surface area contributed by atoms with Crippen molar-refractivity contribution in [1.29, 1.82) is 0 Å². The van der Waals surface area contributed by atoms with Crippen LogP contribution in [0.1, 0.15) is 83.2 Å². The van der Waals surface area contributed by atoms with E-state index in [0.29, 0.717) is 50.1 Å². The van der Waals surface area contributed by atoms with Gasteiger partial charge in [-0.1, -0.05) is 25.1 Å². The molecule has 2 aliphatic carbocycles. The van der Waals surface area contributed by atoms with Crippen molar-refractivity contribution in [3.63, 3.8) is 0 Å². The fraction of sp³-hybridized carbons (Fsp3) is 0.571. The van der Waals surface area contributed by atoms with Gasteiger partial charge < -0.3 is 19.5 Å². The van der Waals surface area contributed by atoms with Crippen molar-refractivity contribution in [2.24, 2.45) is 17.3 Å². The van der Waals surface area contributed by atoms with E-state index in [1.165, 1.54) is 23.8 Å². The summed E-state index contributed by atoms with van der Waals surface area (Å²) in [6.45, 7) is 7.90. The first kappa shape index (κ1) is 30.1. The number of ether oxygens (including phenoxy) is 3. The van der Waals surface area contributed by atoms with E-state index in [9.17, 15) is 13.6 Å². The highest BCUT2D eigenvalue weighted by molar-refractivity contribution is 5.90. The Balaban J connectivity index is 1.40. The molecule has 6 rings (SSSR count). The number of aryl methyl sites for hydroxylation is 1. The number of hydrogen-bond donors (Lipinski definition) is 1. The van der Waals surface area contributed by atoms with Crippen LogP contribution in [-0.4, -0.2) is 57.3 Å². The number of methoxy groups -OCH3 is 2. The lowest BCUT2D eigenvalue weighted by Crippen LogP contribution is -2.53. The number of rotatable bonds is 8. The van der Waals surface area contributed by atoms with Gasteiger partial charge in [0.05, 0.1) is 33.0 Å². The number of nitrogens with zero attached hydrogens (tertiary/aromatic N) is 1. The number of piperidine rings is 1. The maximum Gasteiger partial charge on any atom is 0.337 e. The van der Waals surface area contributed by atoms with Crippen LogP contribution in [0.3, 0.4) is 0 Å². The van der Waals surface area contributed by atoms with Crippen molar-refractivity contribution in [2.75, 3.05) is 45.8 Å². The van der Waals surface area contributed by atoms with Gasteiger partial charge in [0, 0.05) is 49.1 Å². The van der Waals surface area contributed by atoms with Gasteiger partial charge in [-0.25, -0.2) is 13.6 Å². The van der Waals surface area contributed by atoms with Crippen LogP contribution < -0.4 is 10.1 Å². The van der Waals surface area contributed by atoms with Crippen molar-refractivity contribution < 1.29 is 27.8 Å². The maximum atomic E-state index is 14.3. The van der Waals surface area contributed by atoms with Crippen LogP contribution in [0.4, 0.5) is 14.5 Å². The average Bonchev–Trinajstić information content (AvgIpc) is 3.15. The number of carbonyl (C=O) groups excluding carboxylic acids is 1. The molecular weight excluding hydrogens is 550 g/mol. The predicted molar refractivity (Wildman–Crippen MR) is 164 cm³/mol. The third kappa shape index (κ3) is 6.05. The van der Waals surface area contributed by atoms with E-state index in [-0.39, 0.29) is 24.3 Å². The lowest BCUT2D eigenvalue weighted by molar-refractivity contribution is -0.186.